The molecule has 0 radical (unpaired) electrons. The van der Waals surface area contributed by atoms with Gasteiger partial charge in [0.15, 0.2) is 0 Å². The molecule has 2 heterocycles. The molecular weight excluding hydrogens is 609 g/mol. The molecule has 0 spiro atoms. The molecule has 248 valence electrons. The fourth-order valence-corrected chi connectivity index (χ4v) is 7.31. The van der Waals surface area contributed by atoms with Gasteiger partial charge in [-0.05, 0) is 83.8 Å². The van der Waals surface area contributed by atoms with Crippen LogP contribution in [0.3, 0.4) is 0 Å². The Bertz CT molecular complexity index is 1580. The second-order valence-corrected chi connectivity index (χ2v) is 25.0. The molecule has 1 atom stereocenters. The topological polar surface area (TPSA) is 66.4 Å². The molecule has 0 saturated heterocycles. The Hall–Kier alpha value is -3.21. The molecular formula is C38H52O6Si2. The van der Waals surface area contributed by atoms with Gasteiger partial charge < -0.3 is 28.2 Å². The number of rotatable bonds is 9. The van der Waals surface area contributed by atoms with Crippen LogP contribution in [0.2, 0.25) is 36.3 Å². The number of hydrogen-bond donors (Lipinski definition) is 1. The summed E-state index contributed by atoms with van der Waals surface area (Å²) in [5.41, 5.74) is 5.47. The second-order valence-electron chi connectivity index (χ2n) is 15.5. The van der Waals surface area contributed by atoms with Crippen LogP contribution in [-0.2, 0) is 0 Å². The van der Waals surface area contributed by atoms with Gasteiger partial charge in [0.1, 0.15) is 34.9 Å². The number of aliphatic hydroxyl groups excluding tert-OH is 1. The number of benzene rings is 3. The van der Waals surface area contributed by atoms with Gasteiger partial charge in [-0.15, -0.1) is 0 Å². The first-order valence-electron chi connectivity index (χ1n) is 16.5. The zero-order chi connectivity index (χ0) is 33.5. The molecule has 0 amide bonds. The SMILES string of the molecule is CC(C)(C)[Si](C)(C)Oc1ccc2c(c1)O[C@H](c1ccc(OCCCO)cc1)C1=C2CCOc2cc(O[Si](C)(C)C(C)(C)C)ccc21. The molecule has 6 nitrogen and oxygen atoms in total. The normalized spacial score (nSPS) is 16.7. The van der Waals surface area contributed by atoms with Crippen LogP contribution in [0.5, 0.6) is 28.7 Å². The van der Waals surface area contributed by atoms with Crippen LogP contribution in [-0.4, -0.2) is 41.6 Å². The third-order valence-electron chi connectivity index (χ3n) is 10.1. The number of ether oxygens (including phenoxy) is 3. The van der Waals surface area contributed by atoms with Crippen LogP contribution in [0.1, 0.15) is 77.2 Å². The van der Waals surface area contributed by atoms with E-state index in [4.69, 9.17) is 28.2 Å². The molecule has 0 unspecified atom stereocenters. The van der Waals surface area contributed by atoms with Crippen molar-refractivity contribution in [2.24, 2.45) is 0 Å². The van der Waals surface area contributed by atoms with E-state index >= 15 is 0 Å². The van der Waals surface area contributed by atoms with Crippen molar-refractivity contribution in [3.05, 3.63) is 77.4 Å². The van der Waals surface area contributed by atoms with Gasteiger partial charge in [0.25, 0.3) is 0 Å². The van der Waals surface area contributed by atoms with Gasteiger partial charge in [-0.3, -0.25) is 0 Å². The van der Waals surface area contributed by atoms with E-state index in [-0.39, 0.29) is 22.8 Å². The highest BCUT2D eigenvalue weighted by Gasteiger charge is 2.41. The van der Waals surface area contributed by atoms with Gasteiger partial charge >= 0.3 is 0 Å². The van der Waals surface area contributed by atoms with Crippen molar-refractivity contribution in [2.75, 3.05) is 19.8 Å². The van der Waals surface area contributed by atoms with Crippen LogP contribution < -0.4 is 23.1 Å². The van der Waals surface area contributed by atoms with E-state index in [1.54, 1.807) is 0 Å². The van der Waals surface area contributed by atoms with Crippen molar-refractivity contribution in [3.8, 4) is 28.7 Å². The molecule has 46 heavy (non-hydrogen) atoms. The molecule has 2 aliphatic rings. The van der Waals surface area contributed by atoms with E-state index in [0.717, 1.165) is 57.4 Å². The fourth-order valence-electron chi connectivity index (χ4n) is 5.27. The monoisotopic (exact) mass is 660 g/mol. The van der Waals surface area contributed by atoms with E-state index in [0.29, 0.717) is 19.6 Å². The molecule has 2 aliphatic heterocycles. The molecule has 1 N–H and O–H groups in total. The quantitative estimate of drug-likeness (QED) is 0.182. The van der Waals surface area contributed by atoms with Gasteiger partial charge in [0.2, 0.25) is 16.6 Å². The summed E-state index contributed by atoms with van der Waals surface area (Å²) >= 11 is 0. The predicted molar refractivity (Wildman–Crippen MR) is 192 cm³/mol. The summed E-state index contributed by atoms with van der Waals surface area (Å²) in [6, 6.07) is 20.7. The molecule has 3 aromatic rings. The van der Waals surface area contributed by atoms with Crippen molar-refractivity contribution in [2.45, 2.75) is 96.8 Å². The van der Waals surface area contributed by atoms with E-state index in [1.165, 1.54) is 5.57 Å². The van der Waals surface area contributed by atoms with Crippen molar-refractivity contribution >= 4 is 27.8 Å². The van der Waals surface area contributed by atoms with Crippen LogP contribution in [0.15, 0.2) is 60.7 Å². The van der Waals surface area contributed by atoms with Crippen LogP contribution >= 0.6 is 0 Å². The summed E-state index contributed by atoms with van der Waals surface area (Å²) in [6.07, 6.45) is 0.988. The van der Waals surface area contributed by atoms with Gasteiger partial charge in [-0.1, -0.05) is 53.7 Å². The van der Waals surface area contributed by atoms with Gasteiger partial charge in [0.05, 0.1) is 13.2 Å². The summed E-state index contributed by atoms with van der Waals surface area (Å²) in [6.45, 7) is 23.7. The Kier molecular flexibility index (Phi) is 9.48. The first-order valence-corrected chi connectivity index (χ1v) is 22.4. The zero-order valence-corrected chi connectivity index (χ0v) is 31.4. The third kappa shape index (κ3) is 7.04. The molecule has 0 bridgehead atoms. The number of aliphatic hydroxyl groups is 1. The minimum atomic E-state index is -2.04. The Morgan fingerprint density at radius 3 is 1.85 bits per heavy atom. The van der Waals surface area contributed by atoms with Crippen LogP contribution in [0.25, 0.3) is 11.1 Å². The number of fused-ring (bicyclic) bond motifs is 4. The molecule has 5 rings (SSSR count). The minimum absolute atomic E-state index is 0.0818. The Morgan fingerprint density at radius 1 is 0.739 bits per heavy atom. The molecule has 0 aromatic heterocycles. The second kappa shape index (κ2) is 12.8. The fraction of sp³-hybridized carbons (Fsp3) is 0.474. The van der Waals surface area contributed by atoms with Gasteiger partial charge in [-0.2, -0.15) is 0 Å². The molecule has 3 aromatic carbocycles. The maximum absolute atomic E-state index is 9.16. The lowest BCUT2D eigenvalue weighted by Gasteiger charge is -2.37. The minimum Gasteiger partial charge on any atom is -0.543 e. The Balaban J connectivity index is 1.59. The van der Waals surface area contributed by atoms with E-state index < -0.39 is 16.6 Å². The van der Waals surface area contributed by atoms with Gasteiger partial charge in [-0.25, -0.2) is 0 Å². The Labute approximate surface area is 278 Å². The summed E-state index contributed by atoms with van der Waals surface area (Å²) in [5, 5.41) is 9.33. The van der Waals surface area contributed by atoms with Crippen LogP contribution in [0, 0.1) is 0 Å². The molecule has 0 saturated carbocycles. The molecule has 0 aliphatic carbocycles. The summed E-state index contributed by atoms with van der Waals surface area (Å²) in [5.74, 6) is 4.10. The first-order chi connectivity index (χ1) is 21.5. The van der Waals surface area contributed by atoms with Crippen molar-refractivity contribution in [1.82, 2.24) is 0 Å². The third-order valence-corrected chi connectivity index (χ3v) is 18.8. The largest absolute Gasteiger partial charge is 0.543 e. The molecule has 0 fully saturated rings. The lowest BCUT2D eigenvalue weighted by Crippen LogP contribution is -2.43. The zero-order valence-electron chi connectivity index (χ0n) is 29.4. The summed E-state index contributed by atoms with van der Waals surface area (Å²) in [4.78, 5) is 0. The molecule has 8 heteroatoms. The average molecular weight is 661 g/mol. The van der Waals surface area contributed by atoms with E-state index in [1.807, 2.05) is 12.1 Å². The maximum Gasteiger partial charge on any atom is 0.250 e. The van der Waals surface area contributed by atoms with E-state index in [2.05, 4.69) is 116 Å². The van der Waals surface area contributed by atoms with Crippen molar-refractivity contribution < 1.29 is 28.2 Å². The smallest absolute Gasteiger partial charge is 0.250 e. The van der Waals surface area contributed by atoms with Crippen molar-refractivity contribution in [3.63, 3.8) is 0 Å². The first kappa shape index (κ1) is 34.1. The Morgan fingerprint density at radius 2 is 1.28 bits per heavy atom. The van der Waals surface area contributed by atoms with E-state index in [9.17, 15) is 0 Å². The average Bonchev–Trinajstić information content (AvgIpc) is 3.15. The predicted octanol–water partition coefficient (Wildman–Crippen LogP) is 10.0. The standard InChI is InChI=1S/C38H52O6Si2/c1-37(2,3)45(7,8)43-28-17-19-32-33(24-28)41-23-20-31-30-18-16-29(44-46(9,10)38(4,5)6)25-34(30)42-36(35(31)32)26-12-14-27(15-13-26)40-22-11-21-39/h12-19,24-25,36,39H,11,20-23H2,1-10H3/t36-/m1/s1. The highest BCUT2D eigenvalue weighted by molar-refractivity contribution is 6.75. The number of hydrogen-bond acceptors (Lipinski definition) is 6. The lowest BCUT2D eigenvalue weighted by atomic mass is 9.84. The highest BCUT2D eigenvalue weighted by atomic mass is 28.4. The summed E-state index contributed by atoms with van der Waals surface area (Å²) < 4.78 is 32.6. The van der Waals surface area contributed by atoms with Gasteiger partial charge in [0, 0.05) is 48.3 Å². The highest BCUT2D eigenvalue weighted by Crippen LogP contribution is 2.53. The lowest BCUT2D eigenvalue weighted by molar-refractivity contribution is 0.233. The van der Waals surface area contributed by atoms with Crippen molar-refractivity contribution in [1.29, 1.82) is 0 Å². The summed E-state index contributed by atoms with van der Waals surface area (Å²) in [7, 11) is -4.07. The van der Waals surface area contributed by atoms with Crippen LogP contribution in [0.4, 0.5) is 0 Å². The maximum atomic E-state index is 9.16.